The van der Waals surface area contributed by atoms with E-state index in [2.05, 4.69) is 10.6 Å². The fraction of sp³-hybridized carbons (Fsp3) is 0.417. The highest BCUT2D eigenvalue weighted by atomic mass is 35.5. The smallest absolute Gasteiger partial charge is 0.224 e. The molecular formula is C12H15ClN2O2. The van der Waals surface area contributed by atoms with Gasteiger partial charge in [-0.3, -0.25) is 4.79 Å². The summed E-state index contributed by atoms with van der Waals surface area (Å²) in [5.41, 5.74) is 0.622. The third-order valence-electron chi connectivity index (χ3n) is 2.78. The Bertz CT molecular complexity index is 419. The maximum absolute atomic E-state index is 11.8. The lowest BCUT2D eigenvalue weighted by atomic mass is 9.99. The second-order valence-electron chi connectivity index (χ2n) is 4.12. The van der Waals surface area contributed by atoms with Crippen molar-refractivity contribution in [1.82, 2.24) is 5.32 Å². The maximum atomic E-state index is 11.8. The van der Waals surface area contributed by atoms with Gasteiger partial charge in [0.05, 0.1) is 12.8 Å². The monoisotopic (exact) mass is 254 g/mol. The van der Waals surface area contributed by atoms with Crippen LogP contribution in [0.4, 0.5) is 5.69 Å². The molecule has 4 nitrogen and oxygen atoms in total. The highest BCUT2D eigenvalue weighted by molar-refractivity contribution is 6.31. The maximum Gasteiger partial charge on any atom is 0.224 e. The van der Waals surface area contributed by atoms with Crippen molar-refractivity contribution in [2.75, 3.05) is 25.5 Å². The van der Waals surface area contributed by atoms with Gasteiger partial charge in [0.25, 0.3) is 0 Å². The number of nitrogens with one attached hydrogen (secondary N) is 2. The summed E-state index contributed by atoms with van der Waals surface area (Å²) in [6, 6.07) is 5.16. The van der Waals surface area contributed by atoms with Crippen molar-refractivity contribution in [2.45, 2.75) is 6.42 Å². The fourth-order valence-electron chi connectivity index (χ4n) is 1.73. The van der Waals surface area contributed by atoms with Crippen molar-refractivity contribution in [3.63, 3.8) is 0 Å². The first-order chi connectivity index (χ1) is 8.19. The molecule has 0 spiro atoms. The standard InChI is InChI=1S/C12H15ClN2O2/c1-17-11-3-2-9(13)5-10(11)15-12(16)4-8-6-14-7-8/h2-3,5,8,14H,4,6-7H2,1H3,(H,15,16). The number of amides is 1. The van der Waals surface area contributed by atoms with E-state index in [-0.39, 0.29) is 5.91 Å². The van der Waals surface area contributed by atoms with E-state index in [0.717, 1.165) is 13.1 Å². The Kier molecular flexibility index (Phi) is 3.86. The Morgan fingerprint density at radius 1 is 1.59 bits per heavy atom. The Morgan fingerprint density at radius 2 is 2.35 bits per heavy atom. The first-order valence-electron chi connectivity index (χ1n) is 5.53. The molecule has 1 aliphatic heterocycles. The summed E-state index contributed by atoms with van der Waals surface area (Å²) < 4.78 is 5.16. The number of halogens is 1. The van der Waals surface area contributed by atoms with Crippen LogP contribution in [0.15, 0.2) is 18.2 Å². The molecule has 0 unspecified atom stereocenters. The summed E-state index contributed by atoms with van der Waals surface area (Å²) in [6.45, 7) is 1.83. The summed E-state index contributed by atoms with van der Waals surface area (Å²) >= 11 is 5.88. The predicted molar refractivity (Wildman–Crippen MR) is 67.6 cm³/mol. The summed E-state index contributed by atoms with van der Waals surface area (Å²) in [7, 11) is 1.56. The van der Waals surface area contributed by atoms with Crippen molar-refractivity contribution in [1.29, 1.82) is 0 Å². The van der Waals surface area contributed by atoms with Gasteiger partial charge in [0, 0.05) is 11.4 Å². The Labute approximate surface area is 105 Å². The van der Waals surface area contributed by atoms with Gasteiger partial charge in [0.2, 0.25) is 5.91 Å². The van der Waals surface area contributed by atoms with Crippen LogP contribution in [0.5, 0.6) is 5.75 Å². The third-order valence-corrected chi connectivity index (χ3v) is 3.01. The number of carbonyl (C=O) groups excluding carboxylic acids is 1. The minimum Gasteiger partial charge on any atom is -0.495 e. The number of hydrogen-bond acceptors (Lipinski definition) is 3. The molecule has 1 aliphatic rings. The number of anilines is 1. The van der Waals surface area contributed by atoms with E-state index in [1.807, 2.05) is 0 Å². The number of benzene rings is 1. The lowest BCUT2D eigenvalue weighted by Gasteiger charge is -2.26. The van der Waals surface area contributed by atoms with E-state index in [0.29, 0.717) is 28.8 Å². The van der Waals surface area contributed by atoms with Crippen LogP contribution in [0, 0.1) is 5.92 Å². The van der Waals surface area contributed by atoms with Crippen molar-refractivity contribution in [3.05, 3.63) is 23.2 Å². The van der Waals surface area contributed by atoms with Gasteiger partial charge >= 0.3 is 0 Å². The van der Waals surface area contributed by atoms with Crippen LogP contribution >= 0.6 is 11.6 Å². The fourth-order valence-corrected chi connectivity index (χ4v) is 1.91. The lowest BCUT2D eigenvalue weighted by molar-refractivity contribution is -0.117. The van der Waals surface area contributed by atoms with Gasteiger partial charge in [-0.15, -0.1) is 0 Å². The van der Waals surface area contributed by atoms with Gasteiger partial charge in [-0.05, 0) is 37.2 Å². The van der Waals surface area contributed by atoms with Crippen LogP contribution < -0.4 is 15.4 Å². The van der Waals surface area contributed by atoms with E-state index >= 15 is 0 Å². The van der Waals surface area contributed by atoms with Crippen LogP contribution in [-0.2, 0) is 4.79 Å². The SMILES string of the molecule is COc1ccc(Cl)cc1NC(=O)CC1CNC1. The quantitative estimate of drug-likeness (QED) is 0.863. The van der Waals surface area contributed by atoms with Gasteiger partial charge < -0.3 is 15.4 Å². The molecule has 1 saturated heterocycles. The first-order valence-corrected chi connectivity index (χ1v) is 5.91. The molecule has 1 amide bonds. The molecule has 2 rings (SSSR count). The second kappa shape index (κ2) is 5.38. The van der Waals surface area contributed by atoms with Crippen LogP contribution in [-0.4, -0.2) is 26.1 Å². The molecule has 5 heteroatoms. The molecule has 2 N–H and O–H groups in total. The molecule has 0 aromatic heterocycles. The number of carbonyl (C=O) groups is 1. The summed E-state index contributed by atoms with van der Waals surface area (Å²) in [5, 5.41) is 6.54. The molecule has 0 atom stereocenters. The predicted octanol–water partition coefficient (Wildman–Crippen LogP) is 1.90. The van der Waals surface area contributed by atoms with E-state index in [1.54, 1.807) is 25.3 Å². The molecule has 1 aromatic carbocycles. The molecule has 0 bridgehead atoms. The van der Waals surface area contributed by atoms with Crippen LogP contribution in [0.3, 0.4) is 0 Å². The van der Waals surface area contributed by atoms with E-state index in [9.17, 15) is 4.79 Å². The van der Waals surface area contributed by atoms with Crippen molar-refractivity contribution < 1.29 is 9.53 Å². The summed E-state index contributed by atoms with van der Waals surface area (Å²) in [4.78, 5) is 11.8. The average molecular weight is 255 g/mol. The average Bonchev–Trinajstić information content (AvgIpc) is 2.24. The molecule has 1 aromatic rings. The molecule has 0 aliphatic carbocycles. The minimum atomic E-state index is -0.00272. The number of ether oxygens (including phenoxy) is 1. The minimum absolute atomic E-state index is 0.00272. The first kappa shape index (κ1) is 12.2. The van der Waals surface area contributed by atoms with E-state index in [4.69, 9.17) is 16.3 Å². The van der Waals surface area contributed by atoms with Gasteiger partial charge in [-0.2, -0.15) is 0 Å². The van der Waals surface area contributed by atoms with E-state index < -0.39 is 0 Å². The number of hydrogen-bond donors (Lipinski definition) is 2. The van der Waals surface area contributed by atoms with Crippen LogP contribution in [0.2, 0.25) is 5.02 Å². The molecule has 0 saturated carbocycles. The molecule has 1 fully saturated rings. The topological polar surface area (TPSA) is 50.4 Å². The van der Waals surface area contributed by atoms with Gasteiger partial charge in [0.15, 0.2) is 0 Å². The molecule has 17 heavy (non-hydrogen) atoms. The largest absolute Gasteiger partial charge is 0.495 e. The zero-order valence-corrected chi connectivity index (χ0v) is 10.4. The number of methoxy groups -OCH3 is 1. The summed E-state index contributed by atoms with van der Waals surface area (Å²) in [5.74, 6) is 1.06. The second-order valence-corrected chi connectivity index (χ2v) is 4.56. The van der Waals surface area contributed by atoms with Gasteiger partial charge in [-0.1, -0.05) is 11.6 Å². The molecule has 0 radical (unpaired) electrons. The number of rotatable bonds is 4. The van der Waals surface area contributed by atoms with Crippen LogP contribution in [0.25, 0.3) is 0 Å². The van der Waals surface area contributed by atoms with Gasteiger partial charge in [-0.25, -0.2) is 0 Å². The normalized spacial score (nSPS) is 15.2. The zero-order valence-electron chi connectivity index (χ0n) is 9.63. The van der Waals surface area contributed by atoms with Crippen molar-refractivity contribution in [3.8, 4) is 5.75 Å². The Balaban J connectivity index is 2.00. The van der Waals surface area contributed by atoms with Crippen LogP contribution in [0.1, 0.15) is 6.42 Å². The Morgan fingerprint density at radius 3 is 2.94 bits per heavy atom. The van der Waals surface area contributed by atoms with Crippen molar-refractivity contribution >= 4 is 23.2 Å². The van der Waals surface area contributed by atoms with Gasteiger partial charge in [0.1, 0.15) is 5.75 Å². The highest BCUT2D eigenvalue weighted by Crippen LogP contribution is 2.28. The highest BCUT2D eigenvalue weighted by Gasteiger charge is 2.20. The third kappa shape index (κ3) is 3.11. The zero-order chi connectivity index (χ0) is 12.3. The summed E-state index contributed by atoms with van der Waals surface area (Å²) in [6.07, 6.45) is 0.530. The molecule has 92 valence electrons. The lowest BCUT2D eigenvalue weighted by Crippen LogP contribution is -2.43. The Hall–Kier alpha value is -1.26. The molecular weight excluding hydrogens is 240 g/mol. The van der Waals surface area contributed by atoms with E-state index in [1.165, 1.54) is 0 Å². The van der Waals surface area contributed by atoms with Crippen molar-refractivity contribution in [2.24, 2.45) is 5.92 Å². The molecule has 1 heterocycles.